The van der Waals surface area contributed by atoms with Crippen LogP contribution < -0.4 is 10.9 Å². The largest absolute Gasteiger partial charge is 0.461 e. The predicted octanol–water partition coefficient (Wildman–Crippen LogP) is 2.13. The highest BCUT2D eigenvalue weighted by Gasteiger charge is 2.14. The highest BCUT2D eigenvalue weighted by molar-refractivity contribution is 7.99. The zero-order valence-corrected chi connectivity index (χ0v) is 15.6. The van der Waals surface area contributed by atoms with Gasteiger partial charge in [0.15, 0.2) is 22.4 Å². The van der Waals surface area contributed by atoms with Gasteiger partial charge in [-0.2, -0.15) is 4.98 Å². The Kier molecular flexibility index (Phi) is 5.24. The first-order valence-electron chi connectivity index (χ1n) is 8.66. The summed E-state index contributed by atoms with van der Waals surface area (Å²) in [7, 11) is 0. The second kappa shape index (κ2) is 8.13. The summed E-state index contributed by atoms with van der Waals surface area (Å²) in [5.74, 6) is 0.904. The van der Waals surface area contributed by atoms with Crippen LogP contribution in [0.1, 0.15) is 5.56 Å². The molecule has 0 saturated heterocycles. The molecule has 8 nitrogen and oxygen atoms in total. The van der Waals surface area contributed by atoms with E-state index in [1.54, 1.807) is 12.1 Å². The molecule has 9 heteroatoms. The molecule has 1 amide bonds. The number of rotatable bonds is 7. The van der Waals surface area contributed by atoms with E-state index in [0.717, 1.165) is 6.42 Å². The quantitative estimate of drug-likeness (QED) is 0.465. The van der Waals surface area contributed by atoms with Crippen molar-refractivity contribution in [1.29, 1.82) is 0 Å². The lowest BCUT2D eigenvalue weighted by atomic mass is 10.1. The molecule has 0 atom stereocenters. The molecule has 0 aliphatic heterocycles. The fourth-order valence-electron chi connectivity index (χ4n) is 2.67. The Morgan fingerprint density at radius 2 is 2.04 bits per heavy atom. The summed E-state index contributed by atoms with van der Waals surface area (Å²) in [6.45, 7) is 0.556. The third-order valence-electron chi connectivity index (χ3n) is 3.98. The van der Waals surface area contributed by atoms with Crippen LogP contribution in [0.5, 0.6) is 0 Å². The van der Waals surface area contributed by atoms with Crippen LogP contribution in [0.4, 0.5) is 0 Å². The van der Waals surface area contributed by atoms with Gasteiger partial charge in [0, 0.05) is 12.6 Å². The van der Waals surface area contributed by atoms with Crippen LogP contribution in [0.25, 0.3) is 17.2 Å². The molecule has 142 valence electrons. The summed E-state index contributed by atoms with van der Waals surface area (Å²) in [5, 5.41) is 5.99. The topological polar surface area (TPSA) is 105 Å². The number of benzene rings is 1. The molecule has 0 aliphatic carbocycles. The molecule has 3 heterocycles. The number of H-pyrrole nitrogens is 1. The zero-order valence-electron chi connectivity index (χ0n) is 14.8. The molecule has 2 N–H and O–H groups in total. The summed E-state index contributed by atoms with van der Waals surface area (Å²) in [5.41, 5.74) is 1.29. The van der Waals surface area contributed by atoms with Gasteiger partial charge in [-0.25, -0.2) is 9.50 Å². The summed E-state index contributed by atoms with van der Waals surface area (Å²) < 4.78 is 6.81. The molecule has 0 aliphatic rings. The Labute approximate surface area is 164 Å². The van der Waals surface area contributed by atoms with E-state index < -0.39 is 0 Å². The molecule has 3 aromatic heterocycles. The molecule has 4 aromatic rings. The third-order valence-corrected chi connectivity index (χ3v) is 4.92. The summed E-state index contributed by atoms with van der Waals surface area (Å²) in [6.07, 6.45) is 2.29. The number of aromatic amines is 1. The van der Waals surface area contributed by atoms with Gasteiger partial charge in [-0.1, -0.05) is 42.1 Å². The number of aromatic nitrogens is 4. The maximum Gasteiger partial charge on any atom is 0.266 e. The van der Waals surface area contributed by atoms with E-state index in [0.29, 0.717) is 28.9 Å². The molecule has 0 fully saturated rings. The number of nitrogens with zero attached hydrogens (tertiary/aromatic N) is 3. The van der Waals surface area contributed by atoms with Crippen LogP contribution in [0.2, 0.25) is 0 Å². The number of hydrogen-bond acceptors (Lipinski definition) is 6. The number of carbonyl (C=O) groups is 1. The van der Waals surface area contributed by atoms with Crippen LogP contribution in [-0.4, -0.2) is 37.8 Å². The van der Waals surface area contributed by atoms with Gasteiger partial charge in [-0.3, -0.25) is 14.7 Å². The normalized spacial score (nSPS) is 11.0. The average Bonchev–Trinajstić information content (AvgIpc) is 3.35. The smallest absolute Gasteiger partial charge is 0.266 e. The highest BCUT2D eigenvalue weighted by Crippen LogP contribution is 2.21. The second-order valence-corrected chi connectivity index (χ2v) is 6.94. The summed E-state index contributed by atoms with van der Waals surface area (Å²) in [6, 6.07) is 14.8. The minimum absolute atomic E-state index is 0.109. The molecule has 1 aromatic carbocycles. The highest BCUT2D eigenvalue weighted by atomic mass is 32.2. The minimum Gasteiger partial charge on any atom is -0.461 e. The van der Waals surface area contributed by atoms with E-state index in [1.807, 2.05) is 30.3 Å². The summed E-state index contributed by atoms with van der Waals surface area (Å²) in [4.78, 5) is 32.6. The van der Waals surface area contributed by atoms with Crippen molar-refractivity contribution >= 4 is 23.3 Å². The van der Waals surface area contributed by atoms with Gasteiger partial charge >= 0.3 is 0 Å². The molecule has 0 spiro atoms. The first kappa shape index (κ1) is 18.1. The molecule has 0 saturated carbocycles. The van der Waals surface area contributed by atoms with Crippen molar-refractivity contribution in [3.05, 3.63) is 70.7 Å². The lowest BCUT2D eigenvalue weighted by molar-refractivity contribution is -0.118. The van der Waals surface area contributed by atoms with Crippen molar-refractivity contribution in [2.75, 3.05) is 12.3 Å². The van der Waals surface area contributed by atoms with Crippen LogP contribution in [0.3, 0.4) is 0 Å². The number of hydrogen-bond donors (Lipinski definition) is 2. The van der Waals surface area contributed by atoms with Crippen LogP contribution in [0.15, 0.2) is 69.2 Å². The number of thioether (sulfide) groups is 1. The Bertz CT molecular complexity index is 1140. The number of fused-ring (bicyclic) bond motifs is 1. The van der Waals surface area contributed by atoms with Crippen molar-refractivity contribution in [1.82, 2.24) is 24.9 Å². The van der Waals surface area contributed by atoms with Crippen LogP contribution in [-0.2, 0) is 11.2 Å². The van der Waals surface area contributed by atoms with Gasteiger partial charge < -0.3 is 9.73 Å². The van der Waals surface area contributed by atoms with Gasteiger partial charge in [-0.15, -0.1) is 0 Å². The summed E-state index contributed by atoms with van der Waals surface area (Å²) >= 11 is 1.22. The molecule has 0 bridgehead atoms. The number of nitrogens with one attached hydrogen (secondary N) is 2. The fourth-order valence-corrected chi connectivity index (χ4v) is 3.45. The monoisotopic (exact) mass is 395 g/mol. The van der Waals surface area contributed by atoms with Gasteiger partial charge in [0.2, 0.25) is 5.91 Å². The predicted molar refractivity (Wildman–Crippen MR) is 105 cm³/mol. The van der Waals surface area contributed by atoms with Gasteiger partial charge in [0.1, 0.15) is 0 Å². The van der Waals surface area contributed by atoms with Crippen molar-refractivity contribution < 1.29 is 9.21 Å². The zero-order chi connectivity index (χ0) is 19.3. The van der Waals surface area contributed by atoms with Crippen molar-refractivity contribution in [3.63, 3.8) is 0 Å². The van der Waals surface area contributed by atoms with E-state index in [-0.39, 0.29) is 17.2 Å². The van der Waals surface area contributed by atoms with E-state index in [1.165, 1.54) is 34.2 Å². The lowest BCUT2D eigenvalue weighted by Crippen LogP contribution is -2.27. The molecule has 4 rings (SSSR count). The minimum atomic E-state index is -0.292. The van der Waals surface area contributed by atoms with Crippen molar-refractivity contribution in [2.45, 2.75) is 11.6 Å². The van der Waals surface area contributed by atoms with Gasteiger partial charge in [-0.05, 0) is 24.1 Å². The average molecular weight is 395 g/mol. The van der Waals surface area contributed by atoms with E-state index in [2.05, 4.69) is 20.4 Å². The van der Waals surface area contributed by atoms with Crippen molar-refractivity contribution in [3.8, 4) is 11.6 Å². The fraction of sp³-hybridized carbons (Fsp3) is 0.158. The molecular weight excluding hydrogens is 378 g/mol. The Morgan fingerprint density at radius 1 is 1.18 bits per heavy atom. The Hall–Kier alpha value is -3.33. The van der Waals surface area contributed by atoms with Gasteiger partial charge in [0.25, 0.3) is 5.56 Å². The maximum atomic E-state index is 12.2. The third kappa shape index (κ3) is 4.15. The molecule has 0 unspecified atom stereocenters. The Balaban J connectivity index is 1.43. The first-order chi connectivity index (χ1) is 13.7. The van der Waals surface area contributed by atoms with Crippen LogP contribution in [0, 0.1) is 0 Å². The van der Waals surface area contributed by atoms with E-state index in [9.17, 15) is 9.59 Å². The van der Waals surface area contributed by atoms with Crippen LogP contribution >= 0.6 is 11.8 Å². The van der Waals surface area contributed by atoms with E-state index >= 15 is 0 Å². The maximum absolute atomic E-state index is 12.2. The number of carbonyl (C=O) groups excluding carboxylic acids is 1. The second-order valence-electron chi connectivity index (χ2n) is 6.00. The molecular formula is C19H17N5O3S. The number of furan rings is 1. The standard InChI is InChI=1S/C19H17N5O3S/c25-16-11-15-21-18(14-7-4-10-27-14)22-19(24(15)23-16)28-12-17(26)20-9-8-13-5-2-1-3-6-13/h1-7,10-11H,8-9,12H2,(H,20,26)(H,23,25). The van der Waals surface area contributed by atoms with Crippen molar-refractivity contribution in [2.24, 2.45) is 0 Å². The van der Waals surface area contributed by atoms with Gasteiger partial charge in [0.05, 0.1) is 12.0 Å². The lowest BCUT2D eigenvalue weighted by Gasteiger charge is -2.07. The Morgan fingerprint density at radius 3 is 2.82 bits per heavy atom. The SMILES string of the molecule is O=C(CSc1nc(-c2ccco2)nc2cc(=O)[nH]n12)NCCc1ccccc1. The first-order valence-corrected chi connectivity index (χ1v) is 9.65. The molecule has 0 radical (unpaired) electrons. The van der Waals surface area contributed by atoms with E-state index in [4.69, 9.17) is 4.42 Å². The molecule has 28 heavy (non-hydrogen) atoms. The number of amides is 1.